The first kappa shape index (κ1) is 21.8. The Labute approximate surface area is 225 Å². The number of rotatable bonds is 3. The monoisotopic (exact) mass is 500 g/mol. The summed E-state index contributed by atoms with van der Waals surface area (Å²) in [6.45, 7) is 0. The molecule has 0 fully saturated rings. The predicted molar refractivity (Wildman–Crippen MR) is 163 cm³/mol. The highest BCUT2D eigenvalue weighted by Crippen LogP contribution is 2.46. The van der Waals surface area contributed by atoms with E-state index in [1.165, 1.54) is 5.39 Å². The van der Waals surface area contributed by atoms with E-state index in [9.17, 15) is 0 Å². The van der Waals surface area contributed by atoms with Gasteiger partial charge in [-0.15, -0.1) is 0 Å². The maximum atomic E-state index is 6.83. The van der Waals surface area contributed by atoms with Crippen molar-refractivity contribution in [3.8, 4) is 27.9 Å². The summed E-state index contributed by atoms with van der Waals surface area (Å²) in [6, 6.07) is 46.4. The van der Waals surface area contributed by atoms with E-state index in [0.29, 0.717) is 0 Å². The van der Waals surface area contributed by atoms with Gasteiger partial charge in [0.25, 0.3) is 0 Å². The van der Waals surface area contributed by atoms with Crippen molar-refractivity contribution in [3.05, 3.63) is 133 Å². The number of aromatic nitrogens is 1. The molecule has 0 atom stereocenters. The largest absolute Gasteiger partial charge is 0.454 e. The molecule has 0 unspecified atom stereocenters. The molecule has 0 aliphatic rings. The van der Waals surface area contributed by atoms with Gasteiger partial charge in [-0.2, -0.15) is 0 Å². The lowest BCUT2D eigenvalue weighted by Crippen LogP contribution is -2.03. The van der Waals surface area contributed by atoms with Gasteiger partial charge in [-0.3, -0.25) is 0 Å². The van der Waals surface area contributed by atoms with Crippen molar-refractivity contribution < 1.29 is 4.42 Å². The van der Waals surface area contributed by atoms with Crippen LogP contribution in [0.4, 0.5) is 5.69 Å². The number of hydrogen-bond acceptors (Lipinski definition) is 2. The van der Waals surface area contributed by atoms with Gasteiger partial charge in [-0.1, -0.05) is 109 Å². The molecule has 0 radical (unpaired) electrons. The van der Waals surface area contributed by atoms with Gasteiger partial charge >= 0.3 is 0 Å². The summed E-state index contributed by atoms with van der Waals surface area (Å²) in [7, 11) is 0. The van der Waals surface area contributed by atoms with Crippen LogP contribution in [0.1, 0.15) is 0 Å². The minimum Gasteiger partial charge on any atom is -0.454 e. The number of hydrogen-bond donors (Lipinski definition) is 1. The first-order chi connectivity index (χ1) is 19.3. The molecule has 0 bridgehead atoms. The minimum absolute atomic E-state index is 0.735. The molecule has 2 heterocycles. The van der Waals surface area contributed by atoms with Gasteiger partial charge in [0.1, 0.15) is 5.58 Å². The number of nitrogen functional groups attached to an aromatic ring is 1. The van der Waals surface area contributed by atoms with Gasteiger partial charge in [0.15, 0.2) is 5.58 Å². The van der Waals surface area contributed by atoms with Gasteiger partial charge in [-0.05, 0) is 35.4 Å². The molecule has 8 aromatic rings. The van der Waals surface area contributed by atoms with E-state index < -0.39 is 0 Å². The Balaban J connectivity index is 1.64. The second-order valence-electron chi connectivity index (χ2n) is 9.95. The summed E-state index contributed by atoms with van der Waals surface area (Å²) >= 11 is 0. The smallest absolute Gasteiger partial charge is 0.160 e. The Morgan fingerprint density at radius 1 is 0.513 bits per heavy atom. The van der Waals surface area contributed by atoms with Crippen LogP contribution in [0.5, 0.6) is 0 Å². The Morgan fingerprint density at radius 3 is 1.95 bits per heavy atom. The van der Waals surface area contributed by atoms with Crippen LogP contribution >= 0.6 is 0 Å². The molecule has 2 N–H and O–H groups in total. The van der Waals surface area contributed by atoms with Crippen LogP contribution in [-0.2, 0) is 0 Å². The molecule has 0 aliphatic heterocycles. The third kappa shape index (κ3) is 3.17. The third-order valence-corrected chi connectivity index (χ3v) is 7.76. The Bertz CT molecular complexity index is 2170. The molecular formula is C36H24N2O. The first-order valence-electron chi connectivity index (χ1n) is 13.2. The van der Waals surface area contributed by atoms with Gasteiger partial charge in [0.2, 0.25) is 0 Å². The highest BCUT2D eigenvalue weighted by Gasteiger charge is 2.24. The van der Waals surface area contributed by atoms with Gasteiger partial charge in [0.05, 0.1) is 16.7 Å². The van der Waals surface area contributed by atoms with Crippen molar-refractivity contribution in [1.82, 2.24) is 4.57 Å². The second kappa shape index (κ2) is 8.37. The number of benzene rings is 6. The summed E-state index contributed by atoms with van der Waals surface area (Å²) in [5.74, 6) is 0. The van der Waals surface area contributed by atoms with Crippen molar-refractivity contribution in [3.63, 3.8) is 0 Å². The topological polar surface area (TPSA) is 44.1 Å². The number of para-hydroxylation sites is 2. The van der Waals surface area contributed by atoms with E-state index in [1.54, 1.807) is 0 Å². The number of nitrogens with two attached hydrogens (primary N) is 1. The van der Waals surface area contributed by atoms with Crippen LogP contribution in [0.25, 0.3) is 71.7 Å². The number of nitrogens with zero attached hydrogens (tertiary/aromatic N) is 1. The van der Waals surface area contributed by atoms with Crippen molar-refractivity contribution in [1.29, 1.82) is 0 Å². The number of furan rings is 1. The van der Waals surface area contributed by atoms with E-state index in [2.05, 4.69) is 114 Å². The lowest BCUT2D eigenvalue weighted by Gasteiger charge is -2.21. The average molecular weight is 501 g/mol. The van der Waals surface area contributed by atoms with Gasteiger partial charge < -0.3 is 14.7 Å². The zero-order valence-electron chi connectivity index (χ0n) is 21.1. The zero-order valence-corrected chi connectivity index (χ0v) is 21.1. The van der Waals surface area contributed by atoms with E-state index in [0.717, 1.165) is 72.0 Å². The average Bonchev–Trinajstić information content (AvgIpc) is 3.54. The molecule has 0 spiro atoms. The summed E-state index contributed by atoms with van der Waals surface area (Å²) in [4.78, 5) is 0. The normalized spacial score (nSPS) is 11.7. The number of fused-ring (bicyclic) bond motifs is 7. The molecular weight excluding hydrogens is 476 g/mol. The molecule has 2 aromatic heterocycles. The lowest BCUT2D eigenvalue weighted by atomic mass is 9.94. The molecule has 0 saturated carbocycles. The van der Waals surface area contributed by atoms with Crippen molar-refractivity contribution in [2.24, 2.45) is 0 Å². The lowest BCUT2D eigenvalue weighted by molar-refractivity contribution is 0.671. The standard InChI is InChI=1S/C36H24N2O/c37-30-22-21-25(23-11-3-1-4-12-23)34(33(30)24-13-5-2-6-14-24)38-31-17-9-7-15-26(31)28-19-20-29-27-16-8-10-18-32(27)39-36(29)35(28)38/h1-22H,37H2. The maximum Gasteiger partial charge on any atom is 0.160 e. The highest BCUT2D eigenvalue weighted by molar-refractivity contribution is 6.22. The first-order valence-corrected chi connectivity index (χ1v) is 13.2. The zero-order chi connectivity index (χ0) is 25.9. The van der Waals surface area contributed by atoms with Crippen LogP contribution in [0, 0.1) is 0 Å². The molecule has 3 nitrogen and oxygen atoms in total. The van der Waals surface area contributed by atoms with Crippen LogP contribution < -0.4 is 5.73 Å². The van der Waals surface area contributed by atoms with Gasteiger partial charge in [-0.25, -0.2) is 0 Å². The van der Waals surface area contributed by atoms with Crippen molar-refractivity contribution in [2.45, 2.75) is 0 Å². The highest BCUT2D eigenvalue weighted by atomic mass is 16.3. The molecule has 39 heavy (non-hydrogen) atoms. The molecule has 0 amide bonds. The molecule has 3 heteroatoms. The SMILES string of the molecule is Nc1ccc(-c2ccccc2)c(-n2c3ccccc3c3ccc4c5ccccc5oc4c32)c1-c1ccccc1. The summed E-state index contributed by atoms with van der Waals surface area (Å²) in [6.07, 6.45) is 0. The molecule has 8 rings (SSSR count). The van der Waals surface area contributed by atoms with Crippen LogP contribution in [0.3, 0.4) is 0 Å². The predicted octanol–water partition coefficient (Wildman–Crippen LogP) is 9.60. The van der Waals surface area contributed by atoms with Crippen molar-refractivity contribution in [2.75, 3.05) is 5.73 Å². The fourth-order valence-corrected chi connectivity index (χ4v) is 6.06. The summed E-state index contributed by atoms with van der Waals surface area (Å²) in [5, 5.41) is 4.55. The summed E-state index contributed by atoms with van der Waals surface area (Å²) < 4.78 is 9.00. The second-order valence-corrected chi connectivity index (χ2v) is 9.95. The Hall–Kier alpha value is -5.28. The van der Waals surface area contributed by atoms with E-state index in [-0.39, 0.29) is 0 Å². The van der Waals surface area contributed by atoms with Crippen molar-refractivity contribution >= 4 is 49.4 Å². The Kier molecular flexibility index (Phi) is 4.67. The van der Waals surface area contributed by atoms with Crippen LogP contribution in [0.15, 0.2) is 138 Å². The third-order valence-electron chi connectivity index (χ3n) is 7.76. The Morgan fingerprint density at radius 2 is 1.15 bits per heavy atom. The molecule has 0 aliphatic carbocycles. The van der Waals surface area contributed by atoms with Crippen LogP contribution in [0.2, 0.25) is 0 Å². The fraction of sp³-hybridized carbons (Fsp3) is 0. The molecule has 0 saturated heterocycles. The van der Waals surface area contributed by atoms with E-state index >= 15 is 0 Å². The van der Waals surface area contributed by atoms with Gasteiger partial charge in [0, 0.05) is 38.4 Å². The fourth-order valence-electron chi connectivity index (χ4n) is 6.06. The maximum absolute atomic E-state index is 6.83. The molecule has 6 aromatic carbocycles. The molecule has 184 valence electrons. The minimum atomic E-state index is 0.735. The quantitative estimate of drug-likeness (QED) is 0.245. The van der Waals surface area contributed by atoms with E-state index in [4.69, 9.17) is 10.2 Å². The summed E-state index contributed by atoms with van der Waals surface area (Å²) in [5.41, 5.74) is 16.9. The number of anilines is 1. The van der Waals surface area contributed by atoms with E-state index in [1.807, 2.05) is 24.3 Å². The van der Waals surface area contributed by atoms with Crippen LogP contribution in [-0.4, -0.2) is 4.57 Å².